The highest BCUT2D eigenvalue weighted by Crippen LogP contribution is 2.23. The number of hydrazine groups is 1. The molecule has 106 valence electrons. The van der Waals surface area contributed by atoms with Gasteiger partial charge in [-0.2, -0.15) is 0 Å². The molecule has 0 amide bonds. The minimum atomic E-state index is -0.844. The third-order valence-corrected chi connectivity index (χ3v) is 3.35. The SMILES string of the molecule is CCc1cnccc1C(Cc1cccc(F)c1F)NN. The molecule has 0 aliphatic carbocycles. The molecule has 0 spiro atoms. The number of hydrogen-bond donors (Lipinski definition) is 2. The van der Waals surface area contributed by atoms with Crippen molar-refractivity contribution in [2.24, 2.45) is 5.84 Å². The van der Waals surface area contributed by atoms with Crippen molar-refractivity contribution in [2.45, 2.75) is 25.8 Å². The molecule has 1 unspecified atom stereocenters. The second-order valence-corrected chi connectivity index (χ2v) is 4.56. The van der Waals surface area contributed by atoms with E-state index in [4.69, 9.17) is 5.84 Å². The highest BCUT2D eigenvalue weighted by atomic mass is 19.2. The number of nitrogens with zero attached hydrogens (tertiary/aromatic N) is 1. The van der Waals surface area contributed by atoms with Gasteiger partial charge in [0.25, 0.3) is 0 Å². The first-order chi connectivity index (χ1) is 9.67. The average Bonchev–Trinajstić information content (AvgIpc) is 2.49. The Labute approximate surface area is 116 Å². The Morgan fingerprint density at radius 3 is 2.75 bits per heavy atom. The zero-order valence-corrected chi connectivity index (χ0v) is 11.2. The van der Waals surface area contributed by atoms with E-state index < -0.39 is 11.6 Å². The predicted octanol–water partition coefficient (Wildman–Crippen LogP) is 2.67. The van der Waals surface area contributed by atoms with Crippen molar-refractivity contribution < 1.29 is 8.78 Å². The van der Waals surface area contributed by atoms with Crippen LogP contribution in [0.5, 0.6) is 0 Å². The first-order valence-electron chi connectivity index (χ1n) is 6.49. The fourth-order valence-electron chi connectivity index (χ4n) is 2.26. The topological polar surface area (TPSA) is 50.9 Å². The van der Waals surface area contributed by atoms with Gasteiger partial charge in [-0.05, 0) is 41.7 Å². The smallest absolute Gasteiger partial charge is 0.162 e. The van der Waals surface area contributed by atoms with Crippen LogP contribution in [0.2, 0.25) is 0 Å². The maximum Gasteiger partial charge on any atom is 0.162 e. The van der Waals surface area contributed by atoms with Crippen LogP contribution < -0.4 is 11.3 Å². The lowest BCUT2D eigenvalue weighted by molar-refractivity contribution is 0.480. The van der Waals surface area contributed by atoms with E-state index in [0.717, 1.165) is 23.6 Å². The quantitative estimate of drug-likeness (QED) is 0.652. The van der Waals surface area contributed by atoms with E-state index in [1.807, 2.05) is 13.0 Å². The molecule has 0 bridgehead atoms. The molecule has 3 nitrogen and oxygen atoms in total. The molecule has 1 aromatic heterocycles. The number of nitrogens with two attached hydrogens (primary N) is 1. The molecule has 3 N–H and O–H groups in total. The summed E-state index contributed by atoms with van der Waals surface area (Å²) in [6.07, 6.45) is 4.51. The van der Waals surface area contributed by atoms with Crippen LogP contribution in [-0.4, -0.2) is 4.98 Å². The largest absolute Gasteiger partial charge is 0.271 e. The number of nitrogens with one attached hydrogen (secondary N) is 1. The first kappa shape index (κ1) is 14.6. The van der Waals surface area contributed by atoms with Crippen LogP contribution in [0.25, 0.3) is 0 Å². The van der Waals surface area contributed by atoms with Crippen molar-refractivity contribution in [3.05, 3.63) is 65.0 Å². The Balaban J connectivity index is 2.31. The van der Waals surface area contributed by atoms with Crippen LogP contribution >= 0.6 is 0 Å². The predicted molar refractivity (Wildman–Crippen MR) is 73.7 cm³/mol. The number of pyridine rings is 1. The van der Waals surface area contributed by atoms with E-state index in [1.165, 1.54) is 6.07 Å². The molecular formula is C15H17F2N3. The molecule has 0 saturated heterocycles. The van der Waals surface area contributed by atoms with E-state index in [2.05, 4.69) is 10.4 Å². The fourth-order valence-corrected chi connectivity index (χ4v) is 2.26. The zero-order valence-electron chi connectivity index (χ0n) is 11.2. The number of benzene rings is 1. The van der Waals surface area contributed by atoms with E-state index >= 15 is 0 Å². The molecule has 0 saturated carbocycles. The molecule has 5 heteroatoms. The fraction of sp³-hybridized carbons (Fsp3) is 0.267. The normalized spacial score (nSPS) is 12.4. The molecule has 20 heavy (non-hydrogen) atoms. The molecule has 1 atom stereocenters. The third-order valence-electron chi connectivity index (χ3n) is 3.35. The molecule has 2 aromatic rings. The summed E-state index contributed by atoms with van der Waals surface area (Å²) in [5, 5.41) is 0. The first-order valence-corrected chi connectivity index (χ1v) is 6.49. The number of aryl methyl sites for hydroxylation is 1. The van der Waals surface area contributed by atoms with Gasteiger partial charge < -0.3 is 0 Å². The van der Waals surface area contributed by atoms with Gasteiger partial charge in [0.1, 0.15) is 0 Å². The highest BCUT2D eigenvalue weighted by molar-refractivity contribution is 5.29. The van der Waals surface area contributed by atoms with Gasteiger partial charge in [-0.15, -0.1) is 0 Å². The summed E-state index contributed by atoms with van der Waals surface area (Å²) in [4.78, 5) is 4.07. The summed E-state index contributed by atoms with van der Waals surface area (Å²) in [7, 11) is 0. The van der Waals surface area contributed by atoms with Crippen LogP contribution in [-0.2, 0) is 12.8 Å². The Morgan fingerprint density at radius 1 is 1.25 bits per heavy atom. The van der Waals surface area contributed by atoms with Crippen molar-refractivity contribution in [3.63, 3.8) is 0 Å². The number of halogens is 2. The molecular weight excluding hydrogens is 260 g/mol. The molecule has 2 rings (SSSR count). The maximum atomic E-state index is 13.7. The van der Waals surface area contributed by atoms with E-state index in [0.29, 0.717) is 5.56 Å². The van der Waals surface area contributed by atoms with Crippen LogP contribution in [0, 0.1) is 11.6 Å². The lowest BCUT2D eigenvalue weighted by Gasteiger charge is -2.19. The number of aromatic nitrogens is 1. The maximum absolute atomic E-state index is 13.7. The van der Waals surface area contributed by atoms with Gasteiger partial charge in [0.15, 0.2) is 11.6 Å². The van der Waals surface area contributed by atoms with Gasteiger partial charge in [0.2, 0.25) is 0 Å². The van der Waals surface area contributed by atoms with E-state index in [1.54, 1.807) is 18.5 Å². The summed E-state index contributed by atoms with van der Waals surface area (Å²) in [5.74, 6) is 3.91. The lowest BCUT2D eigenvalue weighted by Crippen LogP contribution is -2.30. The summed E-state index contributed by atoms with van der Waals surface area (Å²) in [5.41, 5.74) is 4.96. The second-order valence-electron chi connectivity index (χ2n) is 4.56. The Morgan fingerprint density at radius 2 is 2.05 bits per heavy atom. The summed E-state index contributed by atoms with van der Waals surface area (Å²) in [6, 6.07) is 5.72. The molecule has 0 fully saturated rings. The molecule has 1 aromatic carbocycles. The van der Waals surface area contributed by atoms with Crippen LogP contribution in [0.4, 0.5) is 8.78 Å². The number of rotatable bonds is 5. The Kier molecular flexibility index (Phi) is 4.76. The van der Waals surface area contributed by atoms with E-state index in [-0.39, 0.29) is 12.5 Å². The van der Waals surface area contributed by atoms with Crippen molar-refractivity contribution >= 4 is 0 Å². The Bertz CT molecular complexity index is 587. The molecule has 0 radical (unpaired) electrons. The number of hydrogen-bond acceptors (Lipinski definition) is 3. The van der Waals surface area contributed by atoms with Gasteiger partial charge in [-0.1, -0.05) is 19.1 Å². The standard InChI is InChI=1S/C15H17F2N3/c1-2-10-9-19-7-6-12(10)14(20-18)8-11-4-3-5-13(16)15(11)17/h3-7,9,14,20H,2,8,18H2,1H3. The lowest BCUT2D eigenvalue weighted by atomic mass is 9.95. The van der Waals surface area contributed by atoms with Gasteiger partial charge in [-0.3, -0.25) is 16.3 Å². The van der Waals surface area contributed by atoms with Gasteiger partial charge >= 0.3 is 0 Å². The summed E-state index contributed by atoms with van der Waals surface area (Å²) < 4.78 is 27.0. The molecule has 1 heterocycles. The van der Waals surface area contributed by atoms with Crippen molar-refractivity contribution in [2.75, 3.05) is 0 Å². The summed E-state index contributed by atoms with van der Waals surface area (Å²) >= 11 is 0. The van der Waals surface area contributed by atoms with Crippen LogP contribution in [0.1, 0.15) is 29.7 Å². The Hall–Kier alpha value is -1.85. The van der Waals surface area contributed by atoms with Crippen molar-refractivity contribution in [1.82, 2.24) is 10.4 Å². The van der Waals surface area contributed by atoms with Crippen LogP contribution in [0.15, 0.2) is 36.7 Å². The average molecular weight is 277 g/mol. The van der Waals surface area contributed by atoms with Crippen molar-refractivity contribution in [1.29, 1.82) is 0 Å². The molecule has 0 aliphatic heterocycles. The zero-order chi connectivity index (χ0) is 14.5. The second kappa shape index (κ2) is 6.54. The van der Waals surface area contributed by atoms with Gasteiger partial charge in [0, 0.05) is 12.4 Å². The van der Waals surface area contributed by atoms with Gasteiger partial charge in [0.05, 0.1) is 6.04 Å². The van der Waals surface area contributed by atoms with E-state index in [9.17, 15) is 8.78 Å². The monoisotopic (exact) mass is 277 g/mol. The highest BCUT2D eigenvalue weighted by Gasteiger charge is 2.17. The van der Waals surface area contributed by atoms with Gasteiger partial charge in [-0.25, -0.2) is 8.78 Å². The summed E-state index contributed by atoms with van der Waals surface area (Å²) in [6.45, 7) is 2.01. The molecule has 0 aliphatic rings. The minimum absolute atomic E-state index is 0.275. The van der Waals surface area contributed by atoms with Crippen molar-refractivity contribution in [3.8, 4) is 0 Å². The third kappa shape index (κ3) is 3.00. The minimum Gasteiger partial charge on any atom is -0.271 e. The van der Waals surface area contributed by atoms with Crippen LogP contribution in [0.3, 0.4) is 0 Å².